The van der Waals surface area contributed by atoms with E-state index in [0.717, 1.165) is 0 Å². The maximum absolute atomic E-state index is 9.61. The van der Waals surface area contributed by atoms with Crippen LogP contribution in [0.2, 0.25) is 0 Å². The molecule has 0 atom stereocenters. The summed E-state index contributed by atoms with van der Waals surface area (Å²) in [5, 5.41) is 0. The fraction of sp³-hybridized carbons (Fsp3) is 1.00. The molecule has 0 rings (SSSR count). The summed E-state index contributed by atoms with van der Waals surface area (Å²) in [5.41, 5.74) is 0. The molecular weight excluding hydrogens is 162 g/mol. The van der Waals surface area contributed by atoms with Gasteiger partial charge in [0.1, 0.15) is 0 Å². The molecular formula is C3H6O4P2. The van der Waals surface area contributed by atoms with Gasteiger partial charge in [-0.25, -0.2) is 9.13 Å². The molecule has 0 unspecified atom stereocenters. The second-order valence-corrected chi connectivity index (χ2v) is 1.98. The van der Waals surface area contributed by atoms with Crippen LogP contribution in [0.25, 0.3) is 0 Å². The maximum atomic E-state index is 9.61. The van der Waals surface area contributed by atoms with E-state index in [1.165, 1.54) is 0 Å². The molecule has 52 valence electrons. The number of hydrogen-bond acceptors (Lipinski definition) is 4. The van der Waals surface area contributed by atoms with E-state index in [9.17, 15) is 9.13 Å². The predicted octanol–water partition coefficient (Wildman–Crippen LogP) is 1.82. The minimum atomic E-state index is -0.321. The molecule has 0 amide bonds. The van der Waals surface area contributed by atoms with Crippen LogP contribution >= 0.6 is 17.4 Å². The quantitative estimate of drug-likeness (QED) is 0.448. The molecule has 0 aliphatic rings. The SMILES string of the molecule is O=POCCCOP=O. The van der Waals surface area contributed by atoms with Gasteiger partial charge in [0, 0.05) is 0 Å². The second kappa shape index (κ2) is 8.12. The highest BCUT2D eigenvalue weighted by molar-refractivity contribution is 7.17. The van der Waals surface area contributed by atoms with Crippen LogP contribution in [0.3, 0.4) is 0 Å². The molecule has 0 saturated heterocycles. The van der Waals surface area contributed by atoms with Crippen LogP contribution in [0.15, 0.2) is 0 Å². The predicted molar refractivity (Wildman–Crippen MR) is 31.7 cm³/mol. The van der Waals surface area contributed by atoms with E-state index in [1.807, 2.05) is 0 Å². The summed E-state index contributed by atoms with van der Waals surface area (Å²) in [5.74, 6) is 0. The van der Waals surface area contributed by atoms with E-state index < -0.39 is 0 Å². The molecule has 0 spiro atoms. The lowest BCUT2D eigenvalue weighted by Gasteiger charge is -1.90. The van der Waals surface area contributed by atoms with Crippen molar-refractivity contribution < 1.29 is 18.2 Å². The molecule has 0 aromatic carbocycles. The molecule has 0 aliphatic heterocycles. The molecule has 0 bridgehead atoms. The molecule has 6 heteroatoms. The van der Waals surface area contributed by atoms with Gasteiger partial charge in [0.2, 0.25) is 0 Å². The number of hydrogen-bond donors (Lipinski definition) is 0. The zero-order valence-electron chi connectivity index (χ0n) is 4.65. The van der Waals surface area contributed by atoms with Crippen molar-refractivity contribution >= 4 is 17.4 Å². The van der Waals surface area contributed by atoms with Crippen LogP contribution < -0.4 is 0 Å². The van der Waals surface area contributed by atoms with Gasteiger partial charge < -0.3 is 0 Å². The lowest BCUT2D eigenvalue weighted by Crippen LogP contribution is -1.89. The van der Waals surface area contributed by atoms with Crippen LogP contribution in [0.1, 0.15) is 6.42 Å². The van der Waals surface area contributed by atoms with E-state index >= 15 is 0 Å². The van der Waals surface area contributed by atoms with Crippen molar-refractivity contribution in [2.75, 3.05) is 13.2 Å². The van der Waals surface area contributed by atoms with Gasteiger partial charge in [-0.05, 0) is 6.42 Å². The Morgan fingerprint density at radius 3 is 1.78 bits per heavy atom. The van der Waals surface area contributed by atoms with Gasteiger partial charge >= 0.3 is 17.4 Å². The van der Waals surface area contributed by atoms with Crippen molar-refractivity contribution in [3.8, 4) is 0 Å². The van der Waals surface area contributed by atoms with Crippen LogP contribution in [0.4, 0.5) is 0 Å². The lowest BCUT2D eigenvalue weighted by atomic mass is 10.5. The molecule has 0 heterocycles. The van der Waals surface area contributed by atoms with Crippen molar-refractivity contribution in [3.05, 3.63) is 0 Å². The Morgan fingerprint density at radius 1 is 1.00 bits per heavy atom. The van der Waals surface area contributed by atoms with E-state index in [2.05, 4.69) is 9.05 Å². The second-order valence-electron chi connectivity index (χ2n) is 1.17. The Morgan fingerprint density at radius 2 is 1.44 bits per heavy atom. The highest BCUT2D eigenvalue weighted by atomic mass is 31.1. The van der Waals surface area contributed by atoms with E-state index in [0.29, 0.717) is 19.6 Å². The molecule has 0 N–H and O–H groups in total. The van der Waals surface area contributed by atoms with Crippen LogP contribution in [0, 0.1) is 0 Å². The molecule has 0 saturated carbocycles. The molecule has 0 aromatic heterocycles. The Kier molecular flexibility index (Phi) is 8.23. The first-order valence-electron chi connectivity index (χ1n) is 2.31. The molecule has 4 nitrogen and oxygen atoms in total. The zero-order chi connectivity index (χ0) is 6.95. The maximum Gasteiger partial charge on any atom is 0.327 e. The van der Waals surface area contributed by atoms with Gasteiger partial charge in [-0.3, -0.25) is 9.05 Å². The minimum Gasteiger partial charge on any atom is -0.294 e. The van der Waals surface area contributed by atoms with Crippen LogP contribution in [0.5, 0.6) is 0 Å². The molecule has 9 heavy (non-hydrogen) atoms. The minimum absolute atomic E-state index is 0.321. The highest BCUT2D eigenvalue weighted by Gasteiger charge is 1.86. The highest BCUT2D eigenvalue weighted by Crippen LogP contribution is 1.99. The van der Waals surface area contributed by atoms with Crippen molar-refractivity contribution in [1.82, 2.24) is 0 Å². The first-order valence-corrected chi connectivity index (χ1v) is 3.77. The van der Waals surface area contributed by atoms with Gasteiger partial charge in [-0.2, -0.15) is 0 Å². The summed E-state index contributed by atoms with van der Waals surface area (Å²) in [6, 6.07) is 0. The average molecular weight is 168 g/mol. The van der Waals surface area contributed by atoms with E-state index in [1.54, 1.807) is 0 Å². The third-order valence-electron chi connectivity index (χ3n) is 0.577. The van der Waals surface area contributed by atoms with E-state index in [4.69, 9.17) is 0 Å². The molecule has 0 aliphatic carbocycles. The van der Waals surface area contributed by atoms with Crippen molar-refractivity contribution in [2.45, 2.75) is 6.42 Å². The third-order valence-corrected chi connectivity index (χ3v) is 1.15. The normalized spacial score (nSPS) is 10.7. The Balaban J connectivity index is 2.74. The Hall–Kier alpha value is 0.120. The summed E-state index contributed by atoms with van der Waals surface area (Å²) >= 11 is 0. The summed E-state index contributed by atoms with van der Waals surface area (Å²) in [4.78, 5) is 0. The summed E-state index contributed by atoms with van der Waals surface area (Å²) < 4.78 is 28.0. The average Bonchev–Trinajstić information content (AvgIpc) is 1.89. The monoisotopic (exact) mass is 168 g/mol. The van der Waals surface area contributed by atoms with Crippen molar-refractivity contribution in [1.29, 1.82) is 0 Å². The van der Waals surface area contributed by atoms with Gasteiger partial charge in [0.15, 0.2) is 0 Å². The standard InChI is InChI=1S/C3H6O4P2/c4-8-6-2-1-3-7-9-5/h1-3H2. The Bertz CT molecular complexity index is 75.9. The summed E-state index contributed by atoms with van der Waals surface area (Å²) in [6.45, 7) is 0.723. The molecule has 0 radical (unpaired) electrons. The first kappa shape index (κ1) is 9.12. The summed E-state index contributed by atoms with van der Waals surface area (Å²) in [6.07, 6.45) is 0.602. The lowest BCUT2D eigenvalue weighted by molar-refractivity contribution is 0.272. The fourth-order valence-electron chi connectivity index (χ4n) is 0.263. The fourth-order valence-corrected chi connectivity index (χ4v) is 0.670. The molecule has 0 aromatic rings. The third kappa shape index (κ3) is 8.12. The zero-order valence-corrected chi connectivity index (χ0v) is 6.44. The van der Waals surface area contributed by atoms with Crippen molar-refractivity contribution in [3.63, 3.8) is 0 Å². The topological polar surface area (TPSA) is 52.6 Å². The van der Waals surface area contributed by atoms with Gasteiger partial charge in [-0.15, -0.1) is 0 Å². The smallest absolute Gasteiger partial charge is 0.294 e. The van der Waals surface area contributed by atoms with Crippen LogP contribution in [-0.4, -0.2) is 13.2 Å². The largest absolute Gasteiger partial charge is 0.327 e. The van der Waals surface area contributed by atoms with Crippen LogP contribution in [-0.2, 0) is 18.2 Å². The molecule has 0 fully saturated rings. The van der Waals surface area contributed by atoms with Gasteiger partial charge in [0.05, 0.1) is 13.2 Å². The van der Waals surface area contributed by atoms with Gasteiger partial charge in [0.25, 0.3) is 0 Å². The van der Waals surface area contributed by atoms with E-state index in [-0.39, 0.29) is 17.4 Å². The number of rotatable bonds is 6. The van der Waals surface area contributed by atoms with Gasteiger partial charge in [-0.1, -0.05) is 0 Å². The summed E-state index contributed by atoms with van der Waals surface area (Å²) in [7, 11) is -0.643. The van der Waals surface area contributed by atoms with Crippen molar-refractivity contribution in [2.24, 2.45) is 0 Å². The first-order chi connectivity index (χ1) is 4.41. The Labute approximate surface area is 56.1 Å².